The molecule has 5 heteroatoms. The van der Waals surface area contributed by atoms with Gasteiger partial charge in [-0.25, -0.2) is 0 Å². The van der Waals surface area contributed by atoms with E-state index in [9.17, 15) is 4.79 Å². The SMILES string of the molecule is CC1CN(C(=O)c2csc(I)c2)C(C)CN1. The Morgan fingerprint density at radius 3 is 3.00 bits per heavy atom. The fraction of sp³-hybridized carbons (Fsp3) is 0.545. The molecule has 1 aliphatic rings. The number of hydrogen-bond donors (Lipinski definition) is 1. The number of thiophene rings is 1. The van der Waals surface area contributed by atoms with Gasteiger partial charge < -0.3 is 10.2 Å². The molecular weight excluding hydrogens is 335 g/mol. The van der Waals surface area contributed by atoms with Gasteiger partial charge in [0.1, 0.15) is 0 Å². The predicted molar refractivity (Wildman–Crippen MR) is 75.0 cm³/mol. The van der Waals surface area contributed by atoms with E-state index in [1.54, 1.807) is 11.3 Å². The number of rotatable bonds is 1. The fourth-order valence-electron chi connectivity index (χ4n) is 1.89. The first kappa shape index (κ1) is 12.3. The molecule has 0 spiro atoms. The zero-order chi connectivity index (χ0) is 11.7. The summed E-state index contributed by atoms with van der Waals surface area (Å²) in [4.78, 5) is 14.2. The summed E-state index contributed by atoms with van der Waals surface area (Å²) in [6, 6.07) is 2.63. The van der Waals surface area contributed by atoms with Crippen molar-refractivity contribution in [2.45, 2.75) is 25.9 Å². The summed E-state index contributed by atoms with van der Waals surface area (Å²) in [6.07, 6.45) is 0. The molecule has 2 rings (SSSR count). The number of carbonyl (C=O) groups excluding carboxylic acids is 1. The topological polar surface area (TPSA) is 32.3 Å². The molecule has 0 bridgehead atoms. The van der Waals surface area contributed by atoms with Gasteiger partial charge >= 0.3 is 0 Å². The van der Waals surface area contributed by atoms with Gasteiger partial charge in [-0.3, -0.25) is 4.79 Å². The third kappa shape index (κ3) is 2.57. The fourth-order valence-corrected chi connectivity index (χ4v) is 3.21. The van der Waals surface area contributed by atoms with E-state index < -0.39 is 0 Å². The van der Waals surface area contributed by atoms with Crippen LogP contribution in [0.4, 0.5) is 0 Å². The number of carbonyl (C=O) groups is 1. The standard InChI is InChI=1S/C11H15IN2OS/c1-7-5-14(8(2)4-13-7)11(15)9-3-10(12)16-6-9/h3,6-8,13H,4-5H2,1-2H3. The van der Waals surface area contributed by atoms with E-state index in [4.69, 9.17) is 0 Å². The summed E-state index contributed by atoms with van der Waals surface area (Å²) in [5, 5.41) is 5.33. The van der Waals surface area contributed by atoms with E-state index >= 15 is 0 Å². The minimum absolute atomic E-state index is 0.167. The second-order valence-corrected chi connectivity index (χ2v) is 7.06. The van der Waals surface area contributed by atoms with E-state index in [1.807, 2.05) is 16.3 Å². The molecule has 2 atom stereocenters. The normalized spacial score (nSPS) is 25.8. The first-order valence-corrected chi connectivity index (χ1v) is 7.32. The molecule has 0 aromatic carbocycles. The maximum Gasteiger partial charge on any atom is 0.255 e. The maximum absolute atomic E-state index is 12.3. The van der Waals surface area contributed by atoms with Crippen molar-refractivity contribution in [3.63, 3.8) is 0 Å². The zero-order valence-electron chi connectivity index (χ0n) is 9.37. The van der Waals surface area contributed by atoms with E-state index in [2.05, 4.69) is 41.8 Å². The number of halogens is 1. The smallest absolute Gasteiger partial charge is 0.255 e. The summed E-state index contributed by atoms with van der Waals surface area (Å²) in [7, 11) is 0. The molecule has 1 aliphatic heterocycles. The molecule has 0 saturated carbocycles. The minimum atomic E-state index is 0.167. The Morgan fingerprint density at radius 1 is 1.62 bits per heavy atom. The highest BCUT2D eigenvalue weighted by atomic mass is 127. The molecule has 16 heavy (non-hydrogen) atoms. The Labute approximate surface area is 113 Å². The number of amides is 1. The van der Waals surface area contributed by atoms with Crippen molar-refractivity contribution in [2.75, 3.05) is 13.1 Å². The Balaban J connectivity index is 2.14. The zero-order valence-corrected chi connectivity index (χ0v) is 12.3. The van der Waals surface area contributed by atoms with Crippen LogP contribution in [0.2, 0.25) is 0 Å². The first-order chi connectivity index (χ1) is 7.58. The third-order valence-corrected chi connectivity index (χ3v) is 4.63. The highest BCUT2D eigenvalue weighted by Crippen LogP contribution is 2.20. The first-order valence-electron chi connectivity index (χ1n) is 5.36. The predicted octanol–water partition coefficient (Wildman–Crippen LogP) is 2.18. The lowest BCUT2D eigenvalue weighted by Crippen LogP contribution is -2.56. The van der Waals surface area contributed by atoms with Crippen LogP contribution in [0.3, 0.4) is 0 Å². The molecule has 1 aromatic heterocycles. The van der Waals surface area contributed by atoms with Crippen molar-refractivity contribution < 1.29 is 4.79 Å². The minimum Gasteiger partial charge on any atom is -0.333 e. The molecule has 1 aromatic rings. The Hall–Kier alpha value is -0.140. The van der Waals surface area contributed by atoms with Crippen LogP contribution in [0, 0.1) is 2.88 Å². The monoisotopic (exact) mass is 350 g/mol. The molecule has 1 saturated heterocycles. The average Bonchev–Trinajstić information content (AvgIpc) is 2.67. The van der Waals surface area contributed by atoms with Crippen LogP contribution in [0.25, 0.3) is 0 Å². The van der Waals surface area contributed by atoms with Crippen molar-refractivity contribution in [1.82, 2.24) is 10.2 Å². The van der Waals surface area contributed by atoms with Crippen LogP contribution < -0.4 is 5.32 Å². The number of hydrogen-bond acceptors (Lipinski definition) is 3. The van der Waals surface area contributed by atoms with E-state index in [0.29, 0.717) is 6.04 Å². The van der Waals surface area contributed by atoms with Gasteiger partial charge in [-0.15, -0.1) is 11.3 Å². The van der Waals surface area contributed by atoms with Gasteiger partial charge in [-0.2, -0.15) is 0 Å². The van der Waals surface area contributed by atoms with Gasteiger partial charge in [0.05, 0.1) is 8.45 Å². The van der Waals surface area contributed by atoms with Gasteiger partial charge in [-0.05, 0) is 42.5 Å². The Morgan fingerprint density at radius 2 is 2.38 bits per heavy atom. The molecule has 1 amide bonds. The third-order valence-electron chi connectivity index (χ3n) is 2.84. The van der Waals surface area contributed by atoms with Crippen molar-refractivity contribution in [3.8, 4) is 0 Å². The molecule has 2 heterocycles. The van der Waals surface area contributed by atoms with Gasteiger partial charge in [0.25, 0.3) is 5.91 Å². The van der Waals surface area contributed by atoms with Crippen molar-refractivity contribution in [1.29, 1.82) is 0 Å². The van der Waals surface area contributed by atoms with Gasteiger partial charge in [0.2, 0.25) is 0 Å². The molecule has 1 fully saturated rings. The highest BCUT2D eigenvalue weighted by molar-refractivity contribution is 14.1. The second kappa shape index (κ2) is 5.01. The summed E-state index contributed by atoms with van der Waals surface area (Å²) < 4.78 is 1.16. The lowest BCUT2D eigenvalue weighted by Gasteiger charge is -2.37. The van der Waals surface area contributed by atoms with Crippen molar-refractivity contribution in [3.05, 3.63) is 19.9 Å². The van der Waals surface area contributed by atoms with Crippen LogP contribution in [0.1, 0.15) is 24.2 Å². The molecule has 3 nitrogen and oxygen atoms in total. The molecule has 0 aliphatic carbocycles. The van der Waals surface area contributed by atoms with Crippen LogP contribution in [0.5, 0.6) is 0 Å². The van der Waals surface area contributed by atoms with E-state index in [1.165, 1.54) is 0 Å². The van der Waals surface area contributed by atoms with Crippen LogP contribution >= 0.6 is 33.9 Å². The van der Waals surface area contributed by atoms with Crippen LogP contribution in [-0.4, -0.2) is 36.0 Å². The number of nitrogens with one attached hydrogen (secondary N) is 1. The second-order valence-electron chi connectivity index (χ2n) is 4.26. The molecule has 0 radical (unpaired) electrons. The van der Waals surface area contributed by atoms with Crippen LogP contribution in [-0.2, 0) is 0 Å². The Bertz CT molecular complexity index is 393. The summed E-state index contributed by atoms with van der Waals surface area (Å²) in [6.45, 7) is 5.89. The van der Waals surface area contributed by atoms with Gasteiger partial charge in [0, 0.05) is 30.6 Å². The largest absolute Gasteiger partial charge is 0.333 e. The molecule has 1 N–H and O–H groups in total. The van der Waals surface area contributed by atoms with E-state index in [-0.39, 0.29) is 11.9 Å². The van der Waals surface area contributed by atoms with E-state index in [0.717, 1.165) is 21.5 Å². The summed E-state index contributed by atoms with van der Waals surface area (Å²) in [5.41, 5.74) is 0.829. The number of nitrogens with zero attached hydrogens (tertiary/aromatic N) is 1. The number of piperazine rings is 1. The highest BCUT2D eigenvalue weighted by Gasteiger charge is 2.27. The summed E-state index contributed by atoms with van der Waals surface area (Å²) >= 11 is 3.87. The van der Waals surface area contributed by atoms with Crippen LogP contribution in [0.15, 0.2) is 11.4 Å². The van der Waals surface area contributed by atoms with Gasteiger partial charge in [0.15, 0.2) is 0 Å². The summed E-state index contributed by atoms with van der Waals surface area (Å²) in [5.74, 6) is 0.167. The quantitative estimate of drug-likeness (QED) is 0.788. The lowest BCUT2D eigenvalue weighted by molar-refractivity contribution is 0.0617. The maximum atomic E-state index is 12.3. The molecule has 2 unspecified atom stereocenters. The average molecular weight is 350 g/mol. The van der Waals surface area contributed by atoms with Crippen molar-refractivity contribution >= 4 is 39.8 Å². The lowest BCUT2D eigenvalue weighted by atomic mass is 10.1. The van der Waals surface area contributed by atoms with Gasteiger partial charge in [-0.1, -0.05) is 0 Å². The Kier molecular flexibility index (Phi) is 3.86. The van der Waals surface area contributed by atoms with Crippen molar-refractivity contribution in [2.24, 2.45) is 0 Å². The molecule has 88 valence electrons. The molecular formula is C11H15IN2OS.